The first-order valence-electron chi connectivity index (χ1n) is 6.78. The molecule has 0 aliphatic carbocycles. The summed E-state index contributed by atoms with van der Waals surface area (Å²) in [6, 6.07) is 7.38. The van der Waals surface area contributed by atoms with Crippen LogP contribution in [0.1, 0.15) is 50.3 Å². The lowest BCUT2D eigenvalue weighted by atomic mass is 10.0. The van der Waals surface area contributed by atoms with Crippen LogP contribution in [0.4, 0.5) is 0 Å². The van der Waals surface area contributed by atoms with E-state index in [1.54, 1.807) is 0 Å². The molecule has 1 nitrogen and oxygen atoms in total. The standard InChI is InChI=1S/C16H27N/c1-12(2)6-7-15(5)17-11-16-9-13(3)8-14(4)10-16/h8-10,12,15,17H,6-7,11H2,1-5H3. The molecular weight excluding hydrogens is 206 g/mol. The van der Waals surface area contributed by atoms with E-state index in [2.05, 4.69) is 58.1 Å². The number of hydrogen-bond acceptors (Lipinski definition) is 1. The van der Waals surface area contributed by atoms with E-state index in [-0.39, 0.29) is 0 Å². The Bertz CT molecular complexity index is 321. The van der Waals surface area contributed by atoms with E-state index in [0.29, 0.717) is 6.04 Å². The summed E-state index contributed by atoms with van der Waals surface area (Å²) in [4.78, 5) is 0. The quantitative estimate of drug-likeness (QED) is 0.776. The van der Waals surface area contributed by atoms with Crippen LogP contribution in [0, 0.1) is 19.8 Å². The van der Waals surface area contributed by atoms with Crippen molar-refractivity contribution in [3.05, 3.63) is 34.9 Å². The molecule has 0 bridgehead atoms. The predicted octanol–water partition coefficient (Wildman–Crippen LogP) is 4.22. The molecule has 0 heterocycles. The van der Waals surface area contributed by atoms with Crippen LogP contribution < -0.4 is 5.32 Å². The Kier molecular flexibility index (Phi) is 5.70. The van der Waals surface area contributed by atoms with Crippen LogP contribution in [0.3, 0.4) is 0 Å². The summed E-state index contributed by atoms with van der Waals surface area (Å²) in [7, 11) is 0. The van der Waals surface area contributed by atoms with Crippen LogP contribution in [-0.4, -0.2) is 6.04 Å². The molecule has 1 aromatic rings. The highest BCUT2D eigenvalue weighted by Gasteiger charge is 2.03. The summed E-state index contributed by atoms with van der Waals surface area (Å²) in [5, 5.41) is 3.61. The van der Waals surface area contributed by atoms with Gasteiger partial charge in [-0.1, -0.05) is 43.2 Å². The van der Waals surface area contributed by atoms with Gasteiger partial charge in [0.1, 0.15) is 0 Å². The maximum absolute atomic E-state index is 3.61. The van der Waals surface area contributed by atoms with E-state index in [0.717, 1.165) is 12.5 Å². The lowest BCUT2D eigenvalue weighted by Crippen LogP contribution is -2.25. The van der Waals surface area contributed by atoms with E-state index in [4.69, 9.17) is 0 Å². The van der Waals surface area contributed by atoms with Gasteiger partial charge in [0.15, 0.2) is 0 Å². The first-order valence-corrected chi connectivity index (χ1v) is 6.78. The van der Waals surface area contributed by atoms with E-state index < -0.39 is 0 Å². The van der Waals surface area contributed by atoms with Crippen molar-refractivity contribution in [1.82, 2.24) is 5.32 Å². The molecule has 0 saturated heterocycles. The fraction of sp³-hybridized carbons (Fsp3) is 0.625. The van der Waals surface area contributed by atoms with Crippen molar-refractivity contribution in [1.29, 1.82) is 0 Å². The molecule has 1 heteroatoms. The second kappa shape index (κ2) is 6.80. The Morgan fingerprint density at radius 1 is 0.941 bits per heavy atom. The van der Waals surface area contributed by atoms with Crippen LogP contribution in [0.15, 0.2) is 18.2 Å². The smallest absolute Gasteiger partial charge is 0.0208 e. The Balaban J connectivity index is 2.39. The largest absolute Gasteiger partial charge is 0.310 e. The van der Waals surface area contributed by atoms with Gasteiger partial charge in [-0.05, 0) is 45.1 Å². The van der Waals surface area contributed by atoms with E-state index in [1.807, 2.05) is 0 Å². The molecule has 0 radical (unpaired) electrons. The molecule has 17 heavy (non-hydrogen) atoms. The zero-order chi connectivity index (χ0) is 12.8. The molecule has 0 amide bonds. The minimum Gasteiger partial charge on any atom is -0.310 e. The maximum Gasteiger partial charge on any atom is 0.0208 e. The topological polar surface area (TPSA) is 12.0 Å². The highest BCUT2D eigenvalue weighted by atomic mass is 14.9. The summed E-state index contributed by atoms with van der Waals surface area (Å²) < 4.78 is 0. The van der Waals surface area contributed by atoms with Crippen LogP contribution in [-0.2, 0) is 6.54 Å². The molecule has 0 aliphatic rings. The Morgan fingerprint density at radius 3 is 2.06 bits per heavy atom. The lowest BCUT2D eigenvalue weighted by Gasteiger charge is -2.15. The van der Waals surface area contributed by atoms with Crippen LogP contribution in [0.25, 0.3) is 0 Å². The van der Waals surface area contributed by atoms with Gasteiger partial charge in [-0.2, -0.15) is 0 Å². The van der Waals surface area contributed by atoms with Gasteiger partial charge in [-0.25, -0.2) is 0 Å². The van der Waals surface area contributed by atoms with Gasteiger partial charge in [0.2, 0.25) is 0 Å². The van der Waals surface area contributed by atoms with Gasteiger partial charge in [-0.3, -0.25) is 0 Å². The molecular formula is C16H27N. The third-order valence-corrected chi connectivity index (χ3v) is 3.11. The highest BCUT2D eigenvalue weighted by Crippen LogP contribution is 2.10. The van der Waals surface area contributed by atoms with Gasteiger partial charge < -0.3 is 5.32 Å². The molecule has 0 fully saturated rings. The zero-order valence-electron chi connectivity index (χ0n) is 12.0. The molecule has 96 valence electrons. The summed E-state index contributed by atoms with van der Waals surface area (Å²) in [5.74, 6) is 0.806. The Morgan fingerprint density at radius 2 is 1.53 bits per heavy atom. The fourth-order valence-electron chi connectivity index (χ4n) is 2.15. The third kappa shape index (κ3) is 5.88. The average molecular weight is 233 g/mol. The van der Waals surface area contributed by atoms with Crippen LogP contribution in [0.5, 0.6) is 0 Å². The van der Waals surface area contributed by atoms with Crippen molar-refractivity contribution in [2.24, 2.45) is 5.92 Å². The number of hydrogen-bond donors (Lipinski definition) is 1. The highest BCUT2D eigenvalue weighted by molar-refractivity contribution is 5.28. The zero-order valence-corrected chi connectivity index (χ0v) is 12.0. The molecule has 1 unspecified atom stereocenters. The Labute approximate surface area is 107 Å². The first-order chi connectivity index (χ1) is 7.97. The number of aryl methyl sites for hydroxylation is 2. The molecule has 0 saturated carbocycles. The summed E-state index contributed by atoms with van der Waals surface area (Å²) >= 11 is 0. The minimum absolute atomic E-state index is 0.609. The predicted molar refractivity (Wildman–Crippen MR) is 76.3 cm³/mol. The van der Waals surface area contributed by atoms with Crippen LogP contribution in [0.2, 0.25) is 0 Å². The van der Waals surface area contributed by atoms with E-state index in [1.165, 1.54) is 29.5 Å². The number of nitrogens with one attached hydrogen (secondary N) is 1. The third-order valence-electron chi connectivity index (χ3n) is 3.11. The van der Waals surface area contributed by atoms with Crippen molar-refractivity contribution >= 4 is 0 Å². The van der Waals surface area contributed by atoms with Crippen molar-refractivity contribution in [3.63, 3.8) is 0 Å². The second-order valence-corrected chi connectivity index (χ2v) is 5.75. The van der Waals surface area contributed by atoms with E-state index >= 15 is 0 Å². The van der Waals surface area contributed by atoms with Gasteiger partial charge in [0.25, 0.3) is 0 Å². The second-order valence-electron chi connectivity index (χ2n) is 5.75. The molecule has 1 N–H and O–H groups in total. The van der Waals surface area contributed by atoms with Crippen molar-refractivity contribution in [2.45, 2.75) is 60.0 Å². The van der Waals surface area contributed by atoms with Gasteiger partial charge in [0.05, 0.1) is 0 Å². The van der Waals surface area contributed by atoms with Crippen molar-refractivity contribution in [2.75, 3.05) is 0 Å². The number of benzene rings is 1. The average Bonchev–Trinajstić information content (AvgIpc) is 2.22. The lowest BCUT2D eigenvalue weighted by molar-refractivity contribution is 0.450. The minimum atomic E-state index is 0.609. The van der Waals surface area contributed by atoms with Crippen molar-refractivity contribution in [3.8, 4) is 0 Å². The molecule has 0 spiro atoms. The Hall–Kier alpha value is -0.820. The van der Waals surface area contributed by atoms with E-state index in [9.17, 15) is 0 Å². The molecule has 1 aromatic carbocycles. The summed E-state index contributed by atoms with van der Waals surface area (Å²) in [5.41, 5.74) is 4.12. The van der Waals surface area contributed by atoms with Gasteiger partial charge in [-0.15, -0.1) is 0 Å². The fourth-order valence-corrected chi connectivity index (χ4v) is 2.15. The summed E-state index contributed by atoms with van der Waals surface area (Å²) in [6.07, 6.45) is 2.57. The monoisotopic (exact) mass is 233 g/mol. The van der Waals surface area contributed by atoms with Gasteiger partial charge >= 0.3 is 0 Å². The molecule has 1 rings (SSSR count). The van der Waals surface area contributed by atoms with Crippen LogP contribution >= 0.6 is 0 Å². The summed E-state index contributed by atoms with van der Waals surface area (Å²) in [6.45, 7) is 12.2. The first kappa shape index (κ1) is 14.2. The SMILES string of the molecule is Cc1cc(C)cc(CNC(C)CCC(C)C)c1. The molecule has 0 aromatic heterocycles. The molecule has 1 atom stereocenters. The molecule has 0 aliphatic heterocycles. The number of rotatable bonds is 6. The van der Waals surface area contributed by atoms with Crippen molar-refractivity contribution < 1.29 is 0 Å². The van der Waals surface area contributed by atoms with Gasteiger partial charge in [0, 0.05) is 12.6 Å². The normalized spacial score (nSPS) is 13.1. The maximum atomic E-state index is 3.61.